The molecule has 1 saturated heterocycles. The summed E-state index contributed by atoms with van der Waals surface area (Å²) in [6.45, 7) is 6.42. The molecule has 0 saturated carbocycles. The van der Waals surface area contributed by atoms with E-state index >= 15 is 0 Å². The van der Waals surface area contributed by atoms with Crippen molar-refractivity contribution < 1.29 is 14.3 Å². The Morgan fingerprint density at radius 2 is 2.24 bits per heavy atom. The lowest BCUT2D eigenvalue weighted by molar-refractivity contribution is -0.0141. The van der Waals surface area contributed by atoms with Crippen LogP contribution in [0.15, 0.2) is 6.33 Å². The first-order chi connectivity index (χ1) is 9.78. The largest absolute Gasteiger partial charge is 0.485 e. The van der Waals surface area contributed by atoms with Crippen LogP contribution in [0.25, 0.3) is 0 Å². The molecule has 0 aliphatic carbocycles. The monoisotopic (exact) mass is 314 g/mol. The van der Waals surface area contributed by atoms with Crippen LogP contribution in [0.2, 0.25) is 5.15 Å². The highest BCUT2D eigenvalue weighted by Gasteiger charge is 2.35. The molecule has 1 aromatic rings. The molecule has 0 radical (unpaired) electrons. The Morgan fingerprint density at radius 1 is 1.52 bits per heavy atom. The summed E-state index contributed by atoms with van der Waals surface area (Å²) in [4.78, 5) is 21.2. The minimum atomic E-state index is -0.515. The van der Waals surface area contributed by atoms with Crippen LogP contribution in [0.5, 0.6) is 5.75 Å². The molecule has 0 unspecified atom stereocenters. The Labute approximate surface area is 128 Å². The fraction of sp³-hybridized carbons (Fsp3) is 0.615. The summed E-state index contributed by atoms with van der Waals surface area (Å²) in [5.74, 6) is 0.424. The van der Waals surface area contributed by atoms with E-state index in [1.807, 2.05) is 20.8 Å². The van der Waals surface area contributed by atoms with E-state index in [9.17, 15) is 4.79 Å². The topological polar surface area (TPSA) is 90.6 Å². The summed E-state index contributed by atoms with van der Waals surface area (Å²) in [6.07, 6.45) is 1.76. The number of nitrogens with zero attached hydrogens (tertiary/aromatic N) is 3. The van der Waals surface area contributed by atoms with E-state index in [0.29, 0.717) is 6.54 Å². The molecule has 0 bridgehead atoms. The lowest BCUT2D eigenvalue weighted by Gasteiger charge is -2.41. The van der Waals surface area contributed by atoms with Gasteiger partial charge in [0.05, 0.1) is 6.04 Å². The third-order valence-electron chi connectivity index (χ3n) is 2.98. The number of amides is 1. The number of anilines is 1. The summed E-state index contributed by atoms with van der Waals surface area (Å²) in [6, 6.07) is -0.0597. The Bertz CT molecular complexity index is 512. The number of nitrogen functional groups attached to an aromatic ring is 1. The van der Waals surface area contributed by atoms with Crippen molar-refractivity contribution in [2.75, 3.05) is 18.9 Å². The maximum absolute atomic E-state index is 12.0. The van der Waals surface area contributed by atoms with E-state index in [1.54, 1.807) is 4.90 Å². The molecule has 21 heavy (non-hydrogen) atoms. The third-order valence-corrected chi connectivity index (χ3v) is 3.25. The minimum Gasteiger partial charge on any atom is -0.485 e. The Balaban J connectivity index is 1.91. The predicted molar refractivity (Wildman–Crippen MR) is 78.3 cm³/mol. The Kier molecular flexibility index (Phi) is 4.41. The van der Waals surface area contributed by atoms with Crippen molar-refractivity contribution in [2.24, 2.45) is 0 Å². The van der Waals surface area contributed by atoms with Gasteiger partial charge in [0.1, 0.15) is 18.5 Å². The molecular formula is C13H19ClN4O3. The second kappa shape index (κ2) is 5.93. The van der Waals surface area contributed by atoms with Gasteiger partial charge >= 0.3 is 6.09 Å². The first-order valence-corrected chi connectivity index (χ1v) is 7.04. The maximum Gasteiger partial charge on any atom is 0.410 e. The van der Waals surface area contributed by atoms with Gasteiger partial charge in [0.15, 0.2) is 16.7 Å². The number of carbonyl (C=O) groups is 1. The standard InChI is InChI=1S/C13H19ClN4O3/c1-13(2,3)21-12(19)18-5-4-8(18)6-20-9-10(14)16-7-17-11(9)15/h7-8H,4-6H2,1-3H3,(H2,15,16,17)/t8-/m0/s1. The summed E-state index contributed by atoms with van der Waals surface area (Å²) in [5, 5.41) is 0.158. The summed E-state index contributed by atoms with van der Waals surface area (Å²) in [5.41, 5.74) is 5.16. The lowest BCUT2D eigenvalue weighted by Crippen LogP contribution is -2.55. The number of aromatic nitrogens is 2. The van der Waals surface area contributed by atoms with Gasteiger partial charge < -0.3 is 20.1 Å². The maximum atomic E-state index is 12.0. The SMILES string of the molecule is CC(C)(C)OC(=O)N1CC[C@H]1COc1c(N)ncnc1Cl. The van der Waals surface area contributed by atoms with Crippen molar-refractivity contribution in [1.82, 2.24) is 14.9 Å². The predicted octanol–water partition coefficient (Wildman–Crippen LogP) is 2.10. The molecule has 0 spiro atoms. The number of carbonyl (C=O) groups excluding carboxylic acids is 1. The number of ether oxygens (including phenoxy) is 2. The van der Waals surface area contributed by atoms with Crippen molar-refractivity contribution >= 4 is 23.5 Å². The molecule has 116 valence electrons. The number of hydrogen-bond donors (Lipinski definition) is 1. The van der Waals surface area contributed by atoms with Gasteiger partial charge in [-0.05, 0) is 27.2 Å². The van der Waals surface area contributed by atoms with Gasteiger partial charge in [-0.2, -0.15) is 0 Å². The van der Waals surface area contributed by atoms with E-state index in [-0.39, 0.29) is 35.5 Å². The molecule has 1 fully saturated rings. The first-order valence-electron chi connectivity index (χ1n) is 6.66. The number of nitrogens with two attached hydrogens (primary N) is 1. The summed E-state index contributed by atoms with van der Waals surface area (Å²) < 4.78 is 10.9. The quantitative estimate of drug-likeness (QED) is 0.859. The van der Waals surface area contributed by atoms with Crippen molar-refractivity contribution in [3.63, 3.8) is 0 Å². The van der Waals surface area contributed by atoms with E-state index in [1.165, 1.54) is 6.33 Å². The van der Waals surface area contributed by atoms with E-state index < -0.39 is 5.60 Å². The zero-order chi connectivity index (χ0) is 15.6. The van der Waals surface area contributed by atoms with Crippen molar-refractivity contribution in [3.05, 3.63) is 11.5 Å². The van der Waals surface area contributed by atoms with Gasteiger partial charge in [0, 0.05) is 6.54 Å². The van der Waals surface area contributed by atoms with Gasteiger partial charge in [-0.3, -0.25) is 0 Å². The molecule has 1 aromatic heterocycles. The van der Waals surface area contributed by atoms with Gasteiger partial charge in [-0.1, -0.05) is 11.6 Å². The average Bonchev–Trinajstić information content (AvgIpc) is 2.28. The molecular weight excluding hydrogens is 296 g/mol. The van der Waals surface area contributed by atoms with Crippen LogP contribution in [0, 0.1) is 0 Å². The molecule has 1 amide bonds. The van der Waals surface area contributed by atoms with Crippen LogP contribution in [0.1, 0.15) is 27.2 Å². The second-order valence-electron chi connectivity index (χ2n) is 5.81. The fourth-order valence-corrected chi connectivity index (χ4v) is 2.05. The first kappa shape index (κ1) is 15.6. The van der Waals surface area contributed by atoms with Gasteiger partial charge in [0.25, 0.3) is 0 Å². The highest BCUT2D eigenvalue weighted by molar-refractivity contribution is 6.31. The molecule has 1 atom stereocenters. The molecule has 0 aromatic carbocycles. The molecule has 7 nitrogen and oxygen atoms in total. The number of hydrogen-bond acceptors (Lipinski definition) is 6. The molecule has 1 aliphatic rings. The van der Waals surface area contributed by atoms with Crippen LogP contribution < -0.4 is 10.5 Å². The summed E-state index contributed by atoms with van der Waals surface area (Å²) >= 11 is 5.90. The number of halogens is 1. The number of rotatable bonds is 3. The lowest BCUT2D eigenvalue weighted by atomic mass is 10.1. The normalized spacial score (nSPS) is 18.1. The van der Waals surface area contributed by atoms with E-state index in [2.05, 4.69) is 9.97 Å². The zero-order valence-corrected chi connectivity index (χ0v) is 13.1. The molecule has 2 heterocycles. The van der Waals surface area contributed by atoms with E-state index in [0.717, 1.165) is 6.42 Å². The molecule has 8 heteroatoms. The van der Waals surface area contributed by atoms with Gasteiger partial charge in [-0.15, -0.1) is 0 Å². The van der Waals surface area contributed by atoms with Crippen LogP contribution >= 0.6 is 11.6 Å². The highest BCUT2D eigenvalue weighted by atomic mass is 35.5. The summed E-state index contributed by atoms with van der Waals surface area (Å²) in [7, 11) is 0. The number of likely N-dealkylation sites (tertiary alicyclic amines) is 1. The molecule has 2 rings (SSSR count). The van der Waals surface area contributed by atoms with Crippen LogP contribution in [-0.2, 0) is 4.74 Å². The second-order valence-corrected chi connectivity index (χ2v) is 6.16. The van der Waals surface area contributed by atoms with Crippen LogP contribution in [-0.4, -0.2) is 45.8 Å². The third kappa shape index (κ3) is 3.87. The average molecular weight is 315 g/mol. The van der Waals surface area contributed by atoms with Crippen molar-refractivity contribution in [2.45, 2.75) is 38.8 Å². The van der Waals surface area contributed by atoms with Gasteiger partial charge in [0.2, 0.25) is 0 Å². The Morgan fingerprint density at radius 3 is 2.76 bits per heavy atom. The molecule has 1 aliphatic heterocycles. The van der Waals surface area contributed by atoms with Crippen molar-refractivity contribution in [1.29, 1.82) is 0 Å². The zero-order valence-electron chi connectivity index (χ0n) is 12.3. The highest BCUT2D eigenvalue weighted by Crippen LogP contribution is 2.28. The van der Waals surface area contributed by atoms with Crippen LogP contribution in [0.4, 0.5) is 10.6 Å². The smallest absolute Gasteiger partial charge is 0.410 e. The minimum absolute atomic E-state index is 0.0597. The molecule has 2 N–H and O–H groups in total. The van der Waals surface area contributed by atoms with E-state index in [4.69, 9.17) is 26.8 Å². The van der Waals surface area contributed by atoms with Crippen molar-refractivity contribution in [3.8, 4) is 5.75 Å². The van der Waals surface area contributed by atoms with Crippen LogP contribution in [0.3, 0.4) is 0 Å². The Hall–Kier alpha value is -1.76. The fourth-order valence-electron chi connectivity index (χ4n) is 1.85. The van der Waals surface area contributed by atoms with Gasteiger partial charge in [-0.25, -0.2) is 14.8 Å².